The van der Waals surface area contributed by atoms with E-state index in [1.54, 1.807) is 18.2 Å². The molecule has 2 N–H and O–H groups in total. The lowest BCUT2D eigenvalue weighted by Gasteiger charge is -2.18. The Bertz CT molecular complexity index is 894. The number of benzene rings is 2. The summed E-state index contributed by atoms with van der Waals surface area (Å²) < 4.78 is 1.63. The molecule has 26 heavy (non-hydrogen) atoms. The molecule has 1 atom stereocenters. The van der Waals surface area contributed by atoms with Crippen LogP contribution < -0.4 is 10.6 Å². The molecule has 0 aliphatic carbocycles. The van der Waals surface area contributed by atoms with Gasteiger partial charge < -0.3 is 10.6 Å². The first-order valence-corrected chi connectivity index (χ1v) is 10.1. The summed E-state index contributed by atoms with van der Waals surface area (Å²) in [5.74, 6) is -0.607. The molecule has 0 aliphatic rings. The van der Waals surface area contributed by atoms with Crippen molar-refractivity contribution < 1.29 is 9.59 Å². The van der Waals surface area contributed by atoms with Crippen LogP contribution in [-0.2, 0) is 4.79 Å². The first-order chi connectivity index (χ1) is 12.5. The van der Waals surface area contributed by atoms with Crippen molar-refractivity contribution in [1.29, 1.82) is 0 Å². The number of anilines is 1. The Morgan fingerprint density at radius 2 is 1.54 bits per heavy atom. The number of thiophene rings is 1. The lowest BCUT2D eigenvalue weighted by molar-refractivity contribution is -0.118. The Balaban J connectivity index is 1.84. The van der Waals surface area contributed by atoms with Crippen LogP contribution in [0.1, 0.15) is 21.3 Å². The van der Waals surface area contributed by atoms with Crippen LogP contribution in [0.3, 0.4) is 0 Å². The van der Waals surface area contributed by atoms with Gasteiger partial charge in [-0.25, -0.2) is 0 Å². The van der Waals surface area contributed by atoms with E-state index in [2.05, 4.69) is 42.5 Å². The Morgan fingerprint density at radius 3 is 2.12 bits per heavy atom. The summed E-state index contributed by atoms with van der Waals surface area (Å²) in [5, 5.41) is 5.67. The van der Waals surface area contributed by atoms with Gasteiger partial charge in [-0.05, 0) is 55.6 Å². The van der Waals surface area contributed by atoms with Crippen molar-refractivity contribution in [3.8, 4) is 0 Å². The highest BCUT2D eigenvalue weighted by atomic mass is 79.9. The second kappa shape index (κ2) is 8.62. The molecule has 1 heterocycles. The Kier molecular flexibility index (Phi) is 6.24. The van der Waals surface area contributed by atoms with E-state index >= 15 is 0 Å². The smallest absolute Gasteiger partial charge is 0.262 e. The van der Waals surface area contributed by atoms with Crippen LogP contribution >= 0.6 is 43.2 Å². The highest BCUT2D eigenvalue weighted by Gasteiger charge is 2.24. The van der Waals surface area contributed by atoms with Crippen LogP contribution in [0.4, 0.5) is 5.69 Å². The van der Waals surface area contributed by atoms with Crippen molar-refractivity contribution in [3.63, 3.8) is 0 Å². The van der Waals surface area contributed by atoms with E-state index in [4.69, 9.17) is 0 Å². The van der Waals surface area contributed by atoms with Gasteiger partial charge in [-0.15, -0.1) is 11.3 Å². The van der Waals surface area contributed by atoms with Crippen molar-refractivity contribution in [1.82, 2.24) is 5.32 Å². The molecule has 1 unspecified atom stereocenters. The standard InChI is InChI=1S/C19H14Br2N2O2S/c20-14-11-15(26-17(14)21)18(24)23-16(12-7-3-1-4-8-12)19(25)22-13-9-5-2-6-10-13/h1-11,16H,(H,22,25)(H,23,24). The zero-order chi connectivity index (χ0) is 18.5. The van der Waals surface area contributed by atoms with Gasteiger partial charge in [0.05, 0.1) is 8.66 Å². The van der Waals surface area contributed by atoms with Crippen LogP contribution in [0, 0.1) is 0 Å². The van der Waals surface area contributed by atoms with Gasteiger partial charge in [-0.2, -0.15) is 0 Å². The Morgan fingerprint density at radius 1 is 0.923 bits per heavy atom. The fraction of sp³-hybridized carbons (Fsp3) is 0.0526. The molecule has 0 radical (unpaired) electrons. The van der Waals surface area contributed by atoms with Crippen molar-refractivity contribution in [2.75, 3.05) is 5.32 Å². The van der Waals surface area contributed by atoms with Crippen molar-refractivity contribution in [2.45, 2.75) is 6.04 Å². The van der Waals surface area contributed by atoms with Crippen LogP contribution in [0.5, 0.6) is 0 Å². The normalized spacial score (nSPS) is 11.6. The number of halogens is 2. The van der Waals surface area contributed by atoms with Gasteiger partial charge in [0.15, 0.2) is 0 Å². The van der Waals surface area contributed by atoms with Crippen molar-refractivity contribution in [2.24, 2.45) is 0 Å². The minimum absolute atomic E-state index is 0.301. The van der Waals surface area contributed by atoms with E-state index < -0.39 is 6.04 Å². The van der Waals surface area contributed by atoms with Crippen molar-refractivity contribution >= 4 is 60.7 Å². The number of nitrogens with one attached hydrogen (secondary N) is 2. The summed E-state index contributed by atoms with van der Waals surface area (Å²) in [6.07, 6.45) is 0. The molecule has 0 saturated heterocycles. The first-order valence-electron chi connectivity index (χ1n) is 7.71. The lowest BCUT2D eigenvalue weighted by Crippen LogP contribution is -2.36. The fourth-order valence-corrected chi connectivity index (χ4v) is 4.28. The third-order valence-corrected chi connectivity index (χ3v) is 6.84. The summed E-state index contributed by atoms with van der Waals surface area (Å²) in [7, 11) is 0. The minimum atomic E-state index is -0.802. The van der Waals surface area contributed by atoms with Crippen LogP contribution in [-0.4, -0.2) is 11.8 Å². The molecule has 132 valence electrons. The summed E-state index contributed by atoms with van der Waals surface area (Å²) in [6, 6.07) is 19.2. The van der Waals surface area contributed by atoms with Crippen LogP contribution in [0.15, 0.2) is 75.0 Å². The zero-order valence-electron chi connectivity index (χ0n) is 13.4. The average molecular weight is 494 g/mol. The van der Waals surface area contributed by atoms with E-state index in [0.29, 0.717) is 16.1 Å². The summed E-state index contributed by atoms with van der Waals surface area (Å²) in [5.41, 5.74) is 1.39. The largest absolute Gasteiger partial charge is 0.336 e. The first kappa shape index (κ1) is 18.8. The average Bonchev–Trinajstić information content (AvgIpc) is 3.00. The second-order valence-corrected chi connectivity index (χ2v) is 8.63. The van der Waals surface area contributed by atoms with E-state index in [9.17, 15) is 9.59 Å². The molecule has 2 amide bonds. The highest BCUT2D eigenvalue weighted by Crippen LogP contribution is 2.32. The van der Waals surface area contributed by atoms with Gasteiger partial charge >= 0.3 is 0 Å². The van der Waals surface area contributed by atoms with Crippen molar-refractivity contribution in [3.05, 3.63) is 85.4 Å². The predicted octanol–water partition coefficient (Wildman–Crippen LogP) is 5.38. The number of hydrogen-bond donors (Lipinski definition) is 2. The van der Waals surface area contributed by atoms with Gasteiger partial charge in [0.1, 0.15) is 6.04 Å². The number of carbonyl (C=O) groups excluding carboxylic acids is 2. The molecule has 7 heteroatoms. The number of carbonyl (C=O) groups is 2. The molecule has 3 rings (SSSR count). The number of hydrogen-bond acceptors (Lipinski definition) is 3. The molecule has 0 spiro atoms. The molecule has 4 nitrogen and oxygen atoms in total. The van der Waals surface area contributed by atoms with Gasteiger partial charge in [0, 0.05) is 10.2 Å². The maximum absolute atomic E-state index is 12.8. The maximum atomic E-state index is 12.8. The Hall–Kier alpha value is -1.96. The SMILES string of the molecule is O=C(NC(C(=O)Nc1ccccc1)c1ccccc1)c1cc(Br)c(Br)s1. The highest BCUT2D eigenvalue weighted by molar-refractivity contribution is 9.13. The molecule has 3 aromatic rings. The van der Waals surface area contributed by atoms with E-state index in [0.717, 1.165) is 8.26 Å². The molecule has 0 aliphatic heterocycles. The number of para-hydroxylation sites is 1. The van der Waals surface area contributed by atoms with Gasteiger partial charge in [-0.3, -0.25) is 9.59 Å². The zero-order valence-corrected chi connectivity index (χ0v) is 17.4. The molecular formula is C19H14Br2N2O2S. The van der Waals surface area contributed by atoms with E-state index in [1.165, 1.54) is 11.3 Å². The quantitative estimate of drug-likeness (QED) is 0.501. The lowest BCUT2D eigenvalue weighted by atomic mass is 10.1. The Labute approximate surface area is 171 Å². The molecule has 0 bridgehead atoms. The van der Waals surface area contributed by atoms with E-state index in [1.807, 2.05) is 48.5 Å². The third kappa shape index (κ3) is 4.60. The molecule has 1 aromatic heterocycles. The fourth-order valence-electron chi connectivity index (χ4n) is 2.34. The van der Waals surface area contributed by atoms with Gasteiger partial charge in [-0.1, -0.05) is 48.5 Å². The third-order valence-electron chi connectivity index (χ3n) is 3.58. The van der Waals surface area contributed by atoms with Crippen LogP contribution in [0.2, 0.25) is 0 Å². The van der Waals surface area contributed by atoms with Crippen LogP contribution in [0.25, 0.3) is 0 Å². The van der Waals surface area contributed by atoms with Gasteiger partial charge in [0.2, 0.25) is 0 Å². The second-order valence-electron chi connectivity index (χ2n) is 5.40. The topological polar surface area (TPSA) is 58.2 Å². The minimum Gasteiger partial charge on any atom is -0.336 e. The summed E-state index contributed by atoms with van der Waals surface area (Å²) in [4.78, 5) is 26.0. The molecule has 2 aromatic carbocycles. The molecular weight excluding hydrogens is 480 g/mol. The molecule has 0 fully saturated rings. The number of amides is 2. The monoisotopic (exact) mass is 492 g/mol. The number of rotatable bonds is 5. The summed E-state index contributed by atoms with van der Waals surface area (Å²) >= 11 is 8.06. The predicted molar refractivity (Wildman–Crippen MR) is 111 cm³/mol. The summed E-state index contributed by atoms with van der Waals surface area (Å²) in [6.45, 7) is 0. The molecule has 0 saturated carbocycles. The maximum Gasteiger partial charge on any atom is 0.262 e. The van der Waals surface area contributed by atoms with Gasteiger partial charge in [0.25, 0.3) is 11.8 Å². The van der Waals surface area contributed by atoms with E-state index in [-0.39, 0.29) is 11.8 Å².